The Morgan fingerprint density at radius 1 is 1.14 bits per heavy atom. The van der Waals surface area contributed by atoms with Gasteiger partial charge in [0.1, 0.15) is 0 Å². The second kappa shape index (κ2) is 2.91. The molecule has 0 amide bonds. The first-order valence-corrected chi connectivity index (χ1v) is 5.00. The number of hydrogen-bond acceptors (Lipinski definition) is 2. The molecule has 0 radical (unpaired) electrons. The van der Waals surface area contributed by atoms with Gasteiger partial charge in [-0.2, -0.15) is 23.7 Å². The van der Waals surface area contributed by atoms with Crippen molar-refractivity contribution in [2.45, 2.75) is 38.9 Å². The molecule has 2 rings (SSSR count). The molecule has 0 atom stereocenters. The Bertz CT molecular complexity index is 298. The fraction of sp³-hybridized carbons (Fsp3) is 0.545. The summed E-state index contributed by atoms with van der Waals surface area (Å²) in [7, 11) is -0.213. The third-order valence-corrected chi connectivity index (χ3v) is 3.21. The van der Waals surface area contributed by atoms with Crippen molar-refractivity contribution in [3.8, 4) is 0 Å². The Balaban J connectivity index is 2.22. The van der Waals surface area contributed by atoms with Crippen LogP contribution < -0.4 is 5.46 Å². The minimum atomic E-state index is -0.241. The van der Waals surface area contributed by atoms with E-state index in [-0.39, 0.29) is 18.3 Å². The summed E-state index contributed by atoms with van der Waals surface area (Å²) >= 11 is 0. The zero-order valence-electron chi connectivity index (χ0n) is 9.20. The van der Waals surface area contributed by atoms with Crippen LogP contribution in [0.5, 0.6) is 0 Å². The van der Waals surface area contributed by atoms with Gasteiger partial charge in [0, 0.05) is 0 Å². The summed E-state index contributed by atoms with van der Waals surface area (Å²) in [6.45, 7) is 8.26. The first-order chi connectivity index (χ1) is 6.42. The van der Waals surface area contributed by atoms with Gasteiger partial charge in [0.05, 0.1) is 11.2 Å². The van der Waals surface area contributed by atoms with Crippen LogP contribution in [0.2, 0.25) is 0 Å². The molecule has 0 N–H and O–H groups in total. The Hall–Kier alpha value is -0.665. The molecule has 0 saturated carbocycles. The predicted octanol–water partition coefficient (Wildman–Crippen LogP) is 1.70. The highest BCUT2D eigenvalue weighted by Gasteiger charge is 2.49. The van der Waals surface area contributed by atoms with Gasteiger partial charge in [-0.3, -0.25) is 0 Å². The van der Waals surface area contributed by atoms with E-state index in [9.17, 15) is 0 Å². The average molecular weight is 191 g/mol. The molecule has 1 aliphatic rings. The van der Waals surface area contributed by atoms with Crippen LogP contribution in [0.1, 0.15) is 27.7 Å². The quantitative estimate of drug-likeness (QED) is 0.496. The molecule has 1 aromatic rings. The Kier molecular flexibility index (Phi) is 2.05. The van der Waals surface area contributed by atoms with E-state index in [0.717, 1.165) is 5.46 Å². The molecule has 0 aliphatic carbocycles. The Labute approximate surface area is 85.7 Å². The van der Waals surface area contributed by atoms with Crippen LogP contribution in [-0.4, -0.2) is 18.3 Å². The second-order valence-electron chi connectivity index (χ2n) is 4.81. The van der Waals surface area contributed by atoms with Gasteiger partial charge in [0.2, 0.25) is 0 Å². The van der Waals surface area contributed by atoms with Gasteiger partial charge in [-0.1, -0.05) is 0 Å². The van der Waals surface area contributed by atoms with E-state index in [1.807, 2.05) is 24.3 Å². The minimum Gasteiger partial charge on any atom is -0.411 e. The van der Waals surface area contributed by atoms with Crippen LogP contribution >= 0.6 is 0 Å². The topological polar surface area (TPSA) is 18.5 Å². The van der Waals surface area contributed by atoms with Gasteiger partial charge < -0.3 is 9.31 Å². The van der Waals surface area contributed by atoms with Crippen molar-refractivity contribution in [2.24, 2.45) is 0 Å². The molecule has 14 heavy (non-hydrogen) atoms. The molecule has 2 nitrogen and oxygen atoms in total. The molecule has 0 bridgehead atoms. The molecule has 1 saturated heterocycles. The molecular weight excluding hydrogens is 175 g/mol. The van der Waals surface area contributed by atoms with Crippen LogP contribution in [-0.2, 0) is 9.31 Å². The molecule has 76 valence electrons. The maximum absolute atomic E-state index is 5.89. The highest BCUT2D eigenvalue weighted by atomic mass is 16.7. The maximum Gasteiger partial charge on any atom is 0.407 e. The van der Waals surface area contributed by atoms with Crippen molar-refractivity contribution in [2.75, 3.05) is 0 Å². The highest BCUT2D eigenvalue weighted by molar-refractivity contribution is 6.62. The summed E-state index contributed by atoms with van der Waals surface area (Å²) in [6, 6.07) is 8.06. The number of rotatable bonds is 1. The standard InChI is InChI=1S/C11H16BO2/c1-10(2)11(3,4)14-12(13-10)9-7-5-6-8-9/h5-8H,1-4H3/q-1. The first kappa shape index (κ1) is 9.87. The van der Waals surface area contributed by atoms with Crippen molar-refractivity contribution in [3.05, 3.63) is 24.3 Å². The molecule has 0 spiro atoms. The van der Waals surface area contributed by atoms with Crippen LogP contribution in [0.4, 0.5) is 0 Å². The fourth-order valence-corrected chi connectivity index (χ4v) is 1.53. The van der Waals surface area contributed by atoms with Gasteiger partial charge >= 0.3 is 7.12 Å². The maximum atomic E-state index is 5.89. The summed E-state index contributed by atoms with van der Waals surface area (Å²) in [6.07, 6.45) is 0. The van der Waals surface area contributed by atoms with Crippen molar-refractivity contribution in [1.29, 1.82) is 0 Å². The van der Waals surface area contributed by atoms with E-state index in [4.69, 9.17) is 9.31 Å². The summed E-state index contributed by atoms with van der Waals surface area (Å²) < 4.78 is 11.8. The number of hydrogen-bond donors (Lipinski definition) is 0. The molecule has 3 heteroatoms. The van der Waals surface area contributed by atoms with Gasteiger partial charge in [-0.15, -0.1) is 0 Å². The lowest BCUT2D eigenvalue weighted by Gasteiger charge is -2.32. The van der Waals surface area contributed by atoms with Crippen molar-refractivity contribution >= 4 is 12.6 Å². The predicted molar refractivity (Wildman–Crippen MR) is 57.8 cm³/mol. The van der Waals surface area contributed by atoms with Gasteiger partial charge in [0.25, 0.3) is 0 Å². The Morgan fingerprint density at radius 3 is 2.14 bits per heavy atom. The van der Waals surface area contributed by atoms with Crippen molar-refractivity contribution < 1.29 is 9.31 Å². The molecular formula is C11H16BO2-. The monoisotopic (exact) mass is 191 g/mol. The zero-order valence-corrected chi connectivity index (χ0v) is 9.20. The van der Waals surface area contributed by atoms with E-state index in [1.54, 1.807) is 0 Å². The smallest absolute Gasteiger partial charge is 0.407 e. The van der Waals surface area contributed by atoms with Gasteiger partial charge in [-0.25, -0.2) is 6.07 Å². The van der Waals surface area contributed by atoms with Crippen LogP contribution in [0.15, 0.2) is 24.3 Å². The second-order valence-corrected chi connectivity index (χ2v) is 4.81. The largest absolute Gasteiger partial charge is 0.411 e. The zero-order chi connectivity index (χ0) is 10.4. The Morgan fingerprint density at radius 2 is 1.71 bits per heavy atom. The van der Waals surface area contributed by atoms with Crippen molar-refractivity contribution in [3.63, 3.8) is 0 Å². The molecule has 1 fully saturated rings. The highest BCUT2D eigenvalue weighted by Crippen LogP contribution is 2.36. The summed E-state index contributed by atoms with van der Waals surface area (Å²) in [5.41, 5.74) is 0.618. The summed E-state index contributed by atoms with van der Waals surface area (Å²) in [4.78, 5) is 0. The lowest BCUT2D eigenvalue weighted by atomic mass is 9.81. The van der Waals surface area contributed by atoms with E-state index in [0.29, 0.717) is 0 Å². The van der Waals surface area contributed by atoms with Crippen LogP contribution in [0.3, 0.4) is 0 Å². The van der Waals surface area contributed by atoms with Crippen molar-refractivity contribution in [1.82, 2.24) is 0 Å². The van der Waals surface area contributed by atoms with E-state index >= 15 is 0 Å². The lowest BCUT2D eigenvalue weighted by Crippen LogP contribution is -2.41. The molecule has 0 aromatic heterocycles. The van der Waals surface area contributed by atoms with E-state index in [2.05, 4.69) is 27.7 Å². The van der Waals surface area contributed by atoms with Crippen LogP contribution in [0, 0.1) is 0 Å². The molecule has 1 heterocycles. The lowest BCUT2D eigenvalue weighted by molar-refractivity contribution is 0.00578. The van der Waals surface area contributed by atoms with E-state index < -0.39 is 0 Å². The molecule has 1 aromatic carbocycles. The normalized spacial score (nSPS) is 24.1. The van der Waals surface area contributed by atoms with E-state index in [1.165, 1.54) is 0 Å². The first-order valence-electron chi connectivity index (χ1n) is 5.00. The minimum absolute atomic E-state index is 0.213. The summed E-state index contributed by atoms with van der Waals surface area (Å²) in [5.74, 6) is 0. The third kappa shape index (κ3) is 1.41. The van der Waals surface area contributed by atoms with Gasteiger partial charge in [-0.05, 0) is 27.7 Å². The average Bonchev–Trinajstić information content (AvgIpc) is 2.58. The SMILES string of the molecule is CC1(C)OB(c2cc[cH-]c2)OC1(C)C. The molecule has 0 unspecified atom stereocenters. The van der Waals surface area contributed by atoms with Crippen LogP contribution in [0.25, 0.3) is 0 Å². The fourth-order valence-electron chi connectivity index (χ4n) is 1.53. The summed E-state index contributed by atoms with van der Waals surface area (Å²) in [5, 5.41) is 0. The third-order valence-electron chi connectivity index (χ3n) is 3.21. The van der Waals surface area contributed by atoms with Gasteiger partial charge in [0.15, 0.2) is 0 Å². The molecule has 1 aliphatic heterocycles.